The Bertz CT molecular complexity index is 390. The minimum atomic E-state index is 0.0741. The largest absolute Gasteiger partial charge is 0.376 e. The van der Waals surface area contributed by atoms with Crippen molar-refractivity contribution in [3.63, 3.8) is 0 Å². The summed E-state index contributed by atoms with van der Waals surface area (Å²) in [5, 5.41) is 0. The van der Waals surface area contributed by atoms with Gasteiger partial charge in [0.2, 0.25) is 0 Å². The van der Waals surface area contributed by atoms with Gasteiger partial charge in [-0.1, -0.05) is 37.6 Å². The fourth-order valence-corrected chi connectivity index (χ4v) is 2.83. The lowest BCUT2D eigenvalue weighted by Gasteiger charge is -2.29. The van der Waals surface area contributed by atoms with Gasteiger partial charge in [0.25, 0.3) is 0 Å². The van der Waals surface area contributed by atoms with E-state index in [9.17, 15) is 0 Å². The Balaban J connectivity index is 2.16. The van der Waals surface area contributed by atoms with Crippen molar-refractivity contribution in [3.05, 3.63) is 35.4 Å². The Morgan fingerprint density at radius 1 is 1.37 bits per heavy atom. The zero-order valence-corrected chi connectivity index (χ0v) is 12.1. The van der Waals surface area contributed by atoms with Crippen molar-refractivity contribution in [1.82, 2.24) is 5.43 Å². The normalized spacial score (nSPS) is 18.9. The Morgan fingerprint density at radius 2 is 2.16 bits per heavy atom. The molecule has 1 saturated carbocycles. The molecule has 0 aromatic heterocycles. The van der Waals surface area contributed by atoms with E-state index in [0.717, 1.165) is 18.9 Å². The summed E-state index contributed by atoms with van der Waals surface area (Å²) in [6, 6.07) is 8.91. The van der Waals surface area contributed by atoms with Crippen LogP contribution in [0.5, 0.6) is 0 Å². The van der Waals surface area contributed by atoms with Gasteiger partial charge in [-0.25, -0.2) is 0 Å². The topological polar surface area (TPSA) is 47.3 Å². The summed E-state index contributed by atoms with van der Waals surface area (Å²) in [6.07, 6.45) is 5.10. The molecule has 0 heterocycles. The van der Waals surface area contributed by atoms with Gasteiger partial charge in [0.15, 0.2) is 0 Å². The Morgan fingerprint density at radius 3 is 2.68 bits per heavy atom. The monoisotopic (exact) mass is 262 g/mol. The second kappa shape index (κ2) is 7.04. The second-order valence-corrected chi connectivity index (χ2v) is 5.34. The molecule has 0 amide bonds. The van der Waals surface area contributed by atoms with E-state index in [0.29, 0.717) is 0 Å². The van der Waals surface area contributed by atoms with E-state index in [2.05, 4.69) is 36.6 Å². The molecule has 19 heavy (non-hydrogen) atoms. The molecule has 0 radical (unpaired) electrons. The molecule has 1 aromatic carbocycles. The average Bonchev–Trinajstić information content (AvgIpc) is 2.37. The average molecular weight is 262 g/mol. The van der Waals surface area contributed by atoms with Crippen molar-refractivity contribution in [3.8, 4) is 0 Å². The standard InChI is InChI=1S/C16H26N2O/c1-3-15(19-4-2)16(18-17)14-10-6-9-13(11-14)12-7-5-8-12/h6,9-12,15-16,18H,3-5,7-8,17H2,1-2H3. The lowest BCUT2D eigenvalue weighted by molar-refractivity contribution is 0.0314. The molecule has 3 heteroatoms. The first-order chi connectivity index (χ1) is 9.30. The highest BCUT2D eigenvalue weighted by Crippen LogP contribution is 2.37. The maximum absolute atomic E-state index is 5.80. The molecule has 2 unspecified atom stereocenters. The fourth-order valence-electron chi connectivity index (χ4n) is 2.83. The van der Waals surface area contributed by atoms with E-state index >= 15 is 0 Å². The van der Waals surface area contributed by atoms with Gasteiger partial charge in [-0.05, 0) is 43.2 Å². The molecule has 0 aliphatic heterocycles. The number of ether oxygens (including phenoxy) is 1. The van der Waals surface area contributed by atoms with E-state index in [1.165, 1.54) is 30.4 Å². The highest BCUT2D eigenvalue weighted by molar-refractivity contribution is 5.30. The maximum Gasteiger partial charge on any atom is 0.0779 e. The Hall–Kier alpha value is -0.900. The first-order valence-corrected chi connectivity index (χ1v) is 7.47. The minimum absolute atomic E-state index is 0.0741. The number of benzene rings is 1. The van der Waals surface area contributed by atoms with E-state index in [1.54, 1.807) is 0 Å². The summed E-state index contributed by atoms with van der Waals surface area (Å²) in [5.74, 6) is 6.51. The van der Waals surface area contributed by atoms with Gasteiger partial charge in [-0.15, -0.1) is 0 Å². The third-order valence-corrected chi connectivity index (χ3v) is 4.18. The molecule has 3 nitrogen and oxygen atoms in total. The predicted molar refractivity (Wildman–Crippen MR) is 78.8 cm³/mol. The van der Waals surface area contributed by atoms with Crippen molar-refractivity contribution in [2.24, 2.45) is 5.84 Å². The van der Waals surface area contributed by atoms with E-state index < -0.39 is 0 Å². The van der Waals surface area contributed by atoms with Crippen molar-refractivity contribution < 1.29 is 4.74 Å². The smallest absolute Gasteiger partial charge is 0.0779 e. The summed E-state index contributed by atoms with van der Waals surface area (Å²) in [5.41, 5.74) is 5.63. The summed E-state index contributed by atoms with van der Waals surface area (Å²) >= 11 is 0. The third kappa shape index (κ3) is 3.35. The van der Waals surface area contributed by atoms with Crippen molar-refractivity contribution >= 4 is 0 Å². The molecule has 2 atom stereocenters. The van der Waals surface area contributed by atoms with Gasteiger partial charge in [0.1, 0.15) is 0 Å². The van der Waals surface area contributed by atoms with Crippen molar-refractivity contribution in [2.45, 2.75) is 57.6 Å². The first-order valence-electron chi connectivity index (χ1n) is 7.47. The number of rotatable bonds is 7. The van der Waals surface area contributed by atoms with Crippen LogP contribution in [0.4, 0.5) is 0 Å². The molecule has 106 valence electrons. The number of hydrazine groups is 1. The van der Waals surface area contributed by atoms with Crippen LogP contribution in [0.1, 0.15) is 62.6 Å². The third-order valence-electron chi connectivity index (χ3n) is 4.18. The van der Waals surface area contributed by atoms with Gasteiger partial charge in [0, 0.05) is 6.61 Å². The first kappa shape index (κ1) is 14.5. The van der Waals surface area contributed by atoms with Crippen molar-refractivity contribution in [2.75, 3.05) is 6.61 Å². The highest BCUT2D eigenvalue weighted by atomic mass is 16.5. The van der Waals surface area contributed by atoms with E-state index in [-0.39, 0.29) is 12.1 Å². The molecule has 1 aliphatic rings. The quantitative estimate of drug-likeness (QED) is 0.585. The molecular formula is C16H26N2O. The summed E-state index contributed by atoms with van der Waals surface area (Å²) in [6.45, 7) is 4.89. The Labute approximate surface area is 116 Å². The minimum Gasteiger partial charge on any atom is -0.376 e. The van der Waals surface area contributed by atoms with Crippen LogP contribution >= 0.6 is 0 Å². The molecular weight excluding hydrogens is 236 g/mol. The van der Waals surface area contributed by atoms with Crippen LogP contribution in [0, 0.1) is 0 Å². The van der Waals surface area contributed by atoms with Crippen LogP contribution in [-0.2, 0) is 4.74 Å². The van der Waals surface area contributed by atoms with E-state index in [4.69, 9.17) is 10.6 Å². The zero-order valence-electron chi connectivity index (χ0n) is 12.1. The van der Waals surface area contributed by atoms with Crippen LogP contribution in [0.3, 0.4) is 0 Å². The lowest BCUT2D eigenvalue weighted by atomic mass is 9.79. The second-order valence-electron chi connectivity index (χ2n) is 5.34. The number of nitrogens with two attached hydrogens (primary N) is 1. The van der Waals surface area contributed by atoms with Crippen LogP contribution in [0.25, 0.3) is 0 Å². The molecule has 3 N–H and O–H groups in total. The fraction of sp³-hybridized carbons (Fsp3) is 0.625. The lowest BCUT2D eigenvalue weighted by Crippen LogP contribution is -2.38. The van der Waals surface area contributed by atoms with Crippen LogP contribution in [-0.4, -0.2) is 12.7 Å². The summed E-state index contributed by atoms with van der Waals surface area (Å²) in [4.78, 5) is 0. The van der Waals surface area contributed by atoms with Crippen LogP contribution < -0.4 is 11.3 Å². The highest BCUT2D eigenvalue weighted by Gasteiger charge is 2.24. The SMILES string of the molecule is CCOC(CC)C(NN)c1cccc(C2CCC2)c1. The molecule has 0 saturated heterocycles. The van der Waals surface area contributed by atoms with Crippen LogP contribution in [0.15, 0.2) is 24.3 Å². The summed E-state index contributed by atoms with van der Waals surface area (Å²) in [7, 11) is 0. The van der Waals surface area contributed by atoms with Gasteiger partial charge in [0.05, 0.1) is 12.1 Å². The van der Waals surface area contributed by atoms with Crippen LogP contribution in [0.2, 0.25) is 0 Å². The van der Waals surface area contributed by atoms with Gasteiger partial charge in [-0.3, -0.25) is 11.3 Å². The van der Waals surface area contributed by atoms with Gasteiger partial charge < -0.3 is 4.74 Å². The zero-order chi connectivity index (χ0) is 13.7. The maximum atomic E-state index is 5.80. The Kier molecular flexibility index (Phi) is 5.37. The molecule has 0 bridgehead atoms. The molecule has 2 rings (SSSR count). The number of hydrogen-bond donors (Lipinski definition) is 2. The van der Waals surface area contributed by atoms with Gasteiger partial charge >= 0.3 is 0 Å². The predicted octanol–water partition coefficient (Wildman–Crippen LogP) is 3.27. The number of hydrogen-bond acceptors (Lipinski definition) is 3. The van der Waals surface area contributed by atoms with Gasteiger partial charge in [-0.2, -0.15) is 0 Å². The molecule has 1 aromatic rings. The van der Waals surface area contributed by atoms with E-state index in [1.807, 2.05) is 6.92 Å². The summed E-state index contributed by atoms with van der Waals surface area (Å²) < 4.78 is 5.80. The molecule has 1 aliphatic carbocycles. The van der Waals surface area contributed by atoms with Crippen molar-refractivity contribution in [1.29, 1.82) is 0 Å². The molecule has 0 spiro atoms. The number of nitrogens with one attached hydrogen (secondary N) is 1. The molecule has 1 fully saturated rings.